The molecule has 0 spiro atoms. The minimum Gasteiger partial charge on any atom is -0.324 e. The van der Waals surface area contributed by atoms with Crippen molar-refractivity contribution in [3.05, 3.63) is 49.0 Å². The highest BCUT2D eigenvalue weighted by molar-refractivity contribution is 9.10. The molecule has 0 radical (unpaired) electrons. The lowest BCUT2D eigenvalue weighted by atomic mass is 10.2. The Hall–Kier alpha value is -1.05. The number of benzene rings is 1. The number of carbonyl (C=O) groups is 1. The van der Waals surface area contributed by atoms with Crippen LogP contribution in [0.25, 0.3) is 0 Å². The molecule has 0 bridgehead atoms. The molecule has 0 atom stereocenters. The summed E-state index contributed by atoms with van der Waals surface area (Å²) in [6.45, 7) is 4.56. The van der Waals surface area contributed by atoms with E-state index in [4.69, 9.17) is 0 Å². The quantitative estimate of drug-likeness (QED) is 0.752. The zero-order chi connectivity index (χ0) is 16.1. The van der Waals surface area contributed by atoms with Crippen LogP contribution in [-0.4, -0.2) is 22.0 Å². The van der Waals surface area contributed by atoms with Crippen molar-refractivity contribution in [2.45, 2.75) is 20.4 Å². The Kier molecular flexibility index (Phi) is 6.28. The molecule has 2 aromatic rings. The zero-order valence-corrected chi connectivity index (χ0v) is 15.6. The Morgan fingerprint density at radius 3 is 2.82 bits per heavy atom. The van der Waals surface area contributed by atoms with Crippen molar-refractivity contribution >= 4 is 50.6 Å². The summed E-state index contributed by atoms with van der Waals surface area (Å²) in [7, 11) is 0. The Morgan fingerprint density at radius 1 is 1.41 bits per heavy atom. The van der Waals surface area contributed by atoms with E-state index in [1.54, 1.807) is 4.57 Å². The van der Waals surface area contributed by atoms with Gasteiger partial charge in [0, 0.05) is 27.8 Å². The van der Waals surface area contributed by atoms with E-state index in [9.17, 15) is 9.59 Å². The van der Waals surface area contributed by atoms with Crippen molar-refractivity contribution in [2.75, 3.05) is 16.8 Å². The fourth-order valence-corrected chi connectivity index (χ4v) is 3.97. The van der Waals surface area contributed by atoms with Crippen LogP contribution < -0.4 is 10.2 Å². The van der Waals surface area contributed by atoms with Gasteiger partial charge in [0.2, 0.25) is 5.91 Å². The van der Waals surface area contributed by atoms with Gasteiger partial charge in [-0.2, -0.15) is 11.8 Å². The lowest BCUT2D eigenvalue weighted by Gasteiger charge is -2.08. The number of anilines is 1. The van der Waals surface area contributed by atoms with Gasteiger partial charge >= 0.3 is 4.87 Å². The molecule has 118 valence electrons. The molecule has 1 N–H and O–H groups in total. The van der Waals surface area contributed by atoms with Crippen molar-refractivity contribution in [1.82, 2.24) is 4.57 Å². The molecule has 1 aromatic heterocycles. The van der Waals surface area contributed by atoms with Crippen LogP contribution in [-0.2, 0) is 11.3 Å². The van der Waals surface area contributed by atoms with E-state index in [1.807, 2.05) is 37.4 Å². The van der Waals surface area contributed by atoms with Crippen molar-refractivity contribution in [3.63, 3.8) is 0 Å². The molecular formula is C15H17BrN2O2S2. The normalized spacial score (nSPS) is 10.7. The van der Waals surface area contributed by atoms with Gasteiger partial charge in [-0.25, -0.2) is 0 Å². The lowest BCUT2D eigenvalue weighted by molar-refractivity contribution is -0.113. The number of halogens is 1. The van der Waals surface area contributed by atoms with Crippen LogP contribution >= 0.6 is 39.0 Å². The van der Waals surface area contributed by atoms with Crippen molar-refractivity contribution in [1.29, 1.82) is 0 Å². The predicted molar refractivity (Wildman–Crippen MR) is 98.1 cm³/mol. The third kappa shape index (κ3) is 4.72. The van der Waals surface area contributed by atoms with Crippen LogP contribution in [0.5, 0.6) is 0 Å². The fraction of sp³-hybridized carbons (Fsp3) is 0.333. The number of hydrogen-bond donors (Lipinski definition) is 1. The Bertz CT molecular complexity index is 725. The smallest absolute Gasteiger partial charge is 0.307 e. The summed E-state index contributed by atoms with van der Waals surface area (Å²) in [5, 5.41) is 4.74. The number of carbonyl (C=O) groups excluding carboxylic acids is 1. The van der Waals surface area contributed by atoms with Crippen molar-refractivity contribution in [3.8, 4) is 0 Å². The van der Waals surface area contributed by atoms with Gasteiger partial charge in [-0.05, 0) is 47.5 Å². The number of rotatable bonds is 6. The van der Waals surface area contributed by atoms with Crippen LogP contribution in [0.3, 0.4) is 0 Å². The molecule has 0 aliphatic carbocycles. The predicted octanol–water partition coefficient (Wildman–Crippen LogP) is 3.66. The minimum atomic E-state index is -0.0380. The van der Waals surface area contributed by atoms with E-state index in [2.05, 4.69) is 21.2 Å². The molecule has 1 aromatic carbocycles. The highest BCUT2D eigenvalue weighted by Gasteiger charge is 2.07. The van der Waals surface area contributed by atoms with Gasteiger partial charge in [0.25, 0.3) is 0 Å². The first-order valence-corrected chi connectivity index (χ1v) is 9.59. The standard InChI is InChI=1S/C15H17BrN2O2S2/c1-10-3-4-13(12(16)7-10)17-14(19)9-21-6-5-18-11(2)8-22-15(18)20/h3-4,7-8H,5-6,9H2,1-2H3,(H,17,19). The molecule has 1 heterocycles. The van der Waals surface area contributed by atoms with Gasteiger partial charge < -0.3 is 9.88 Å². The number of hydrogen-bond acceptors (Lipinski definition) is 4. The van der Waals surface area contributed by atoms with Gasteiger partial charge in [0.05, 0.1) is 11.4 Å². The van der Waals surface area contributed by atoms with Crippen molar-refractivity contribution < 1.29 is 4.79 Å². The Labute approximate surface area is 146 Å². The topological polar surface area (TPSA) is 51.1 Å². The van der Waals surface area contributed by atoms with Crippen molar-refractivity contribution in [2.24, 2.45) is 0 Å². The second kappa shape index (κ2) is 7.99. The average molecular weight is 401 g/mol. The number of amides is 1. The maximum Gasteiger partial charge on any atom is 0.307 e. The first kappa shape index (κ1) is 17.3. The number of thiazole rings is 1. The molecule has 0 saturated heterocycles. The molecule has 7 heteroatoms. The summed E-state index contributed by atoms with van der Waals surface area (Å²) >= 11 is 6.18. The summed E-state index contributed by atoms with van der Waals surface area (Å²) in [5.41, 5.74) is 2.89. The molecule has 2 rings (SSSR count). The Morgan fingerprint density at radius 2 is 2.18 bits per heavy atom. The molecule has 0 aliphatic heterocycles. The SMILES string of the molecule is Cc1ccc(NC(=O)CSCCn2c(C)csc2=O)c(Br)c1. The van der Waals surface area contributed by atoms with Crippen LogP contribution in [0.2, 0.25) is 0 Å². The van der Waals surface area contributed by atoms with Gasteiger partial charge in [0.1, 0.15) is 0 Å². The molecule has 0 fully saturated rings. The first-order chi connectivity index (χ1) is 10.5. The number of thioether (sulfide) groups is 1. The largest absolute Gasteiger partial charge is 0.324 e. The molecule has 0 saturated carbocycles. The molecule has 22 heavy (non-hydrogen) atoms. The van der Waals surface area contributed by atoms with Crippen LogP contribution in [0, 0.1) is 13.8 Å². The minimum absolute atomic E-state index is 0.0380. The van der Waals surface area contributed by atoms with Gasteiger partial charge in [0.15, 0.2) is 0 Å². The van der Waals surface area contributed by atoms with Crippen LogP contribution in [0.1, 0.15) is 11.3 Å². The number of aryl methyl sites for hydroxylation is 2. The summed E-state index contributed by atoms with van der Waals surface area (Å²) in [5.74, 6) is 1.07. The fourth-order valence-electron chi connectivity index (χ4n) is 1.90. The van der Waals surface area contributed by atoms with E-state index < -0.39 is 0 Å². The van der Waals surface area contributed by atoms with E-state index in [0.717, 1.165) is 27.2 Å². The van der Waals surface area contributed by atoms with Crippen LogP contribution in [0.4, 0.5) is 5.69 Å². The van der Waals surface area contributed by atoms with Gasteiger partial charge in [-0.3, -0.25) is 9.59 Å². The van der Waals surface area contributed by atoms with E-state index in [1.165, 1.54) is 23.1 Å². The van der Waals surface area contributed by atoms with E-state index in [0.29, 0.717) is 12.3 Å². The summed E-state index contributed by atoms with van der Waals surface area (Å²) < 4.78 is 2.62. The van der Waals surface area contributed by atoms with E-state index in [-0.39, 0.29) is 10.8 Å². The number of aromatic nitrogens is 1. The molecule has 4 nitrogen and oxygen atoms in total. The number of nitrogens with one attached hydrogen (secondary N) is 1. The maximum absolute atomic E-state index is 11.9. The molecule has 1 amide bonds. The molecular weight excluding hydrogens is 384 g/mol. The third-order valence-corrected chi connectivity index (χ3v) is 5.54. The van der Waals surface area contributed by atoms with Gasteiger partial charge in [-0.15, -0.1) is 0 Å². The zero-order valence-electron chi connectivity index (χ0n) is 12.4. The summed E-state index contributed by atoms with van der Waals surface area (Å²) in [6, 6.07) is 5.81. The first-order valence-electron chi connectivity index (χ1n) is 6.76. The molecule has 0 unspecified atom stereocenters. The molecule has 0 aliphatic rings. The van der Waals surface area contributed by atoms with Gasteiger partial charge in [-0.1, -0.05) is 17.4 Å². The lowest BCUT2D eigenvalue weighted by Crippen LogP contribution is -2.18. The maximum atomic E-state index is 11.9. The van der Waals surface area contributed by atoms with E-state index >= 15 is 0 Å². The highest BCUT2D eigenvalue weighted by Crippen LogP contribution is 2.23. The Balaban J connectivity index is 1.77. The second-order valence-electron chi connectivity index (χ2n) is 4.88. The second-order valence-corrected chi connectivity index (χ2v) is 7.66. The average Bonchev–Trinajstić information content (AvgIpc) is 2.78. The number of nitrogens with zero attached hydrogens (tertiary/aromatic N) is 1. The summed E-state index contributed by atoms with van der Waals surface area (Å²) in [4.78, 5) is 23.5. The summed E-state index contributed by atoms with van der Waals surface area (Å²) in [6.07, 6.45) is 0. The van der Waals surface area contributed by atoms with Crippen LogP contribution in [0.15, 0.2) is 32.8 Å². The third-order valence-electron chi connectivity index (χ3n) is 3.07. The highest BCUT2D eigenvalue weighted by atomic mass is 79.9. The monoisotopic (exact) mass is 400 g/mol.